The Morgan fingerprint density at radius 3 is 1.50 bits per heavy atom. The summed E-state index contributed by atoms with van der Waals surface area (Å²) in [5.41, 5.74) is 0. The van der Waals surface area contributed by atoms with Gasteiger partial charge < -0.3 is 4.74 Å². The first kappa shape index (κ1) is 8.15. The minimum Gasteiger partial charge on any atom is -0.459 e. The summed E-state index contributed by atoms with van der Waals surface area (Å²) in [6, 6.07) is 0. The van der Waals surface area contributed by atoms with E-state index in [2.05, 4.69) is 0 Å². The van der Waals surface area contributed by atoms with Crippen molar-refractivity contribution >= 4 is 0 Å². The highest BCUT2D eigenvalue weighted by Crippen LogP contribution is 2.35. The number of rotatable bonds is 0. The molecule has 0 amide bonds. The molecular weight excluding hydrogens is 148 g/mol. The summed E-state index contributed by atoms with van der Waals surface area (Å²) in [7, 11) is 0. The maximum absolute atomic E-state index is 5.42. The van der Waals surface area contributed by atoms with Gasteiger partial charge in [-0.3, -0.25) is 0 Å². The van der Waals surface area contributed by atoms with Crippen LogP contribution in [0, 0.1) is 0 Å². The molecule has 0 saturated heterocycles. The van der Waals surface area contributed by atoms with Crippen LogP contribution < -0.4 is 0 Å². The normalized spacial score (nSPS) is 25.3. The van der Waals surface area contributed by atoms with Crippen LogP contribution in [0.25, 0.3) is 0 Å². The minimum atomic E-state index is 1.22. The third-order valence-corrected chi connectivity index (χ3v) is 2.82. The Kier molecular flexibility index (Phi) is 2.70. The van der Waals surface area contributed by atoms with Crippen molar-refractivity contribution in [3.8, 4) is 0 Å². The second-order valence-electron chi connectivity index (χ2n) is 3.92. The van der Waals surface area contributed by atoms with Crippen LogP contribution in [0.4, 0.5) is 0 Å². The van der Waals surface area contributed by atoms with Crippen LogP contribution in [0.15, 0.2) is 11.5 Å². The molecule has 0 unspecified atom stereocenters. The molecule has 0 aromatic heterocycles. The molecule has 2 aliphatic rings. The Hall–Kier alpha value is -0.460. The molecule has 0 aromatic rings. The Bertz CT molecular complexity index is 163. The smallest absolute Gasteiger partial charge is 0.142 e. The standard InChI is InChI=1S/C11H18O/c1-2-4-6-8-10-11(12-10)9-7-5-3-1/h1-9H2. The van der Waals surface area contributed by atoms with Crippen molar-refractivity contribution in [1.82, 2.24) is 0 Å². The predicted molar refractivity (Wildman–Crippen MR) is 49.7 cm³/mol. The zero-order valence-corrected chi connectivity index (χ0v) is 7.77. The summed E-state index contributed by atoms with van der Waals surface area (Å²) in [4.78, 5) is 0. The fourth-order valence-corrected chi connectivity index (χ4v) is 1.96. The lowest BCUT2D eigenvalue weighted by atomic mass is 10.1. The molecule has 0 bridgehead atoms. The van der Waals surface area contributed by atoms with E-state index in [4.69, 9.17) is 4.74 Å². The van der Waals surface area contributed by atoms with Crippen LogP contribution in [0.1, 0.15) is 57.8 Å². The van der Waals surface area contributed by atoms with Crippen molar-refractivity contribution < 1.29 is 4.74 Å². The van der Waals surface area contributed by atoms with Gasteiger partial charge in [0, 0.05) is 12.8 Å². The van der Waals surface area contributed by atoms with E-state index < -0.39 is 0 Å². The molecule has 68 valence electrons. The quantitative estimate of drug-likeness (QED) is 0.534. The second-order valence-corrected chi connectivity index (χ2v) is 3.92. The first-order valence-electron chi connectivity index (χ1n) is 5.37. The van der Waals surface area contributed by atoms with Crippen LogP contribution in [-0.2, 0) is 4.74 Å². The van der Waals surface area contributed by atoms with Crippen molar-refractivity contribution in [2.75, 3.05) is 0 Å². The van der Waals surface area contributed by atoms with Crippen LogP contribution in [0.5, 0.6) is 0 Å². The van der Waals surface area contributed by atoms with Gasteiger partial charge in [0.2, 0.25) is 0 Å². The maximum atomic E-state index is 5.42. The van der Waals surface area contributed by atoms with E-state index in [1.807, 2.05) is 0 Å². The summed E-state index contributed by atoms with van der Waals surface area (Å²) in [5, 5.41) is 0. The van der Waals surface area contributed by atoms with E-state index in [9.17, 15) is 0 Å². The first-order chi connectivity index (χ1) is 5.97. The van der Waals surface area contributed by atoms with Crippen LogP contribution in [-0.4, -0.2) is 0 Å². The lowest BCUT2D eigenvalue weighted by molar-refractivity contribution is 0.422. The number of hydrogen-bond donors (Lipinski definition) is 0. The van der Waals surface area contributed by atoms with Crippen LogP contribution in [0.3, 0.4) is 0 Å². The number of allylic oxidation sites excluding steroid dienone is 2. The molecule has 1 aliphatic heterocycles. The molecular formula is C11H18O. The molecule has 1 nitrogen and oxygen atoms in total. The molecule has 12 heavy (non-hydrogen) atoms. The zero-order chi connectivity index (χ0) is 8.23. The summed E-state index contributed by atoms with van der Waals surface area (Å²) < 4.78 is 5.42. The van der Waals surface area contributed by atoms with Gasteiger partial charge in [-0.05, 0) is 12.8 Å². The Balaban J connectivity index is 1.77. The molecule has 0 aromatic carbocycles. The summed E-state index contributed by atoms with van der Waals surface area (Å²) >= 11 is 0. The van der Waals surface area contributed by atoms with E-state index in [0.717, 1.165) is 0 Å². The van der Waals surface area contributed by atoms with E-state index in [1.54, 1.807) is 0 Å². The summed E-state index contributed by atoms with van der Waals surface area (Å²) in [6.07, 6.45) is 12.2. The minimum absolute atomic E-state index is 1.22. The Morgan fingerprint density at radius 1 is 0.583 bits per heavy atom. The van der Waals surface area contributed by atoms with Crippen molar-refractivity contribution in [2.24, 2.45) is 0 Å². The van der Waals surface area contributed by atoms with Gasteiger partial charge >= 0.3 is 0 Å². The van der Waals surface area contributed by atoms with Crippen molar-refractivity contribution in [3.63, 3.8) is 0 Å². The van der Waals surface area contributed by atoms with Gasteiger partial charge in [-0.2, -0.15) is 0 Å². The van der Waals surface area contributed by atoms with Crippen molar-refractivity contribution in [2.45, 2.75) is 57.8 Å². The number of ether oxygens (including phenoxy) is 1. The van der Waals surface area contributed by atoms with Crippen LogP contribution >= 0.6 is 0 Å². The monoisotopic (exact) mass is 166 g/mol. The molecule has 0 N–H and O–H groups in total. The van der Waals surface area contributed by atoms with Crippen LogP contribution in [0.2, 0.25) is 0 Å². The van der Waals surface area contributed by atoms with Gasteiger partial charge in [0.15, 0.2) is 0 Å². The molecule has 0 radical (unpaired) electrons. The SMILES string of the molecule is C1CCCCC2=C(CCCC1)O2. The third-order valence-electron chi connectivity index (χ3n) is 2.82. The third kappa shape index (κ3) is 2.26. The van der Waals surface area contributed by atoms with Gasteiger partial charge in [-0.1, -0.05) is 32.1 Å². The molecule has 2 rings (SSSR count). The topological polar surface area (TPSA) is 12.5 Å². The Labute approximate surface area is 74.8 Å². The Morgan fingerprint density at radius 2 is 1.00 bits per heavy atom. The van der Waals surface area contributed by atoms with Crippen molar-refractivity contribution in [3.05, 3.63) is 11.5 Å². The average molecular weight is 166 g/mol. The van der Waals surface area contributed by atoms with Gasteiger partial charge in [-0.25, -0.2) is 0 Å². The van der Waals surface area contributed by atoms with E-state index in [1.165, 1.54) is 69.3 Å². The zero-order valence-electron chi connectivity index (χ0n) is 7.77. The number of hydrogen-bond acceptors (Lipinski definition) is 1. The lowest BCUT2D eigenvalue weighted by Crippen LogP contribution is -1.80. The second kappa shape index (κ2) is 3.97. The fraction of sp³-hybridized carbons (Fsp3) is 0.818. The highest BCUT2D eigenvalue weighted by atomic mass is 16.6. The van der Waals surface area contributed by atoms with Gasteiger partial charge in [0.05, 0.1) is 0 Å². The molecule has 0 spiro atoms. The molecule has 0 saturated carbocycles. The molecule has 1 heterocycles. The molecule has 0 fully saturated rings. The van der Waals surface area contributed by atoms with E-state index in [0.29, 0.717) is 0 Å². The first-order valence-corrected chi connectivity index (χ1v) is 5.37. The van der Waals surface area contributed by atoms with E-state index in [-0.39, 0.29) is 0 Å². The summed E-state index contributed by atoms with van der Waals surface area (Å²) in [6.45, 7) is 0. The molecule has 0 atom stereocenters. The fourth-order valence-electron chi connectivity index (χ4n) is 1.96. The predicted octanol–water partition coefficient (Wildman–Crippen LogP) is 3.75. The highest BCUT2D eigenvalue weighted by molar-refractivity contribution is 5.17. The average Bonchev–Trinajstić information content (AvgIpc) is 2.78. The lowest BCUT2D eigenvalue weighted by Gasteiger charge is -1.99. The largest absolute Gasteiger partial charge is 0.459 e. The maximum Gasteiger partial charge on any atom is 0.142 e. The van der Waals surface area contributed by atoms with Gasteiger partial charge in [0.1, 0.15) is 11.5 Å². The highest BCUT2D eigenvalue weighted by Gasteiger charge is 2.23. The summed E-state index contributed by atoms with van der Waals surface area (Å²) in [5.74, 6) is 2.66. The van der Waals surface area contributed by atoms with Gasteiger partial charge in [-0.15, -0.1) is 0 Å². The van der Waals surface area contributed by atoms with Gasteiger partial charge in [0.25, 0.3) is 0 Å². The molecule has 1 aliphatic carbocycles. The van der Waals surface area contributed by atoms with E-state index >= 15 is 0 Å². The molecule has 1 heteroatoms. The van der Waals surface area contributed by atoms with Crippen molar-refractivity contribution in [1.29, 1.82) is 0 Å².